The van der Waals surface area contributed by atoms with E-state index in [0.29, 0.717) is 22.9 Å². The van der Waals surface area contributed by atoms with Gasteiger partial charge in [0.2, 0.25) is 15.9 Å². The number of hydrogen-bond acceptors (Lipinski definition) is 7. The minimum absolute atomic E-state index is 0.0410. The Morgan fingerprint density at radius 1 is 1.05 bits per heavy atom. The number of rotatable bonds is 10. The van der Waals surface area contributed by atoms with Gasteiger partial charge in [0.05, 0.1) is 18.6 Å². The van der Waals surface area contributed by atoms with Crippen LogP contribution in [0.4, 0.5) is 0 Å². The summed E-state index contributed by atoms with van der Waals surface area (Å²) in [5.74, 6) is 0.583. The number of hydrogen-bond donors (Lipinski definition) is 0. The second-order valence-corrected chi connectivity index (χ2v) is 12.6. The first kappa shape index (κ1) is 29.8. The largest absolute Gasteiger partial charge is 0.497 e. The van der Waals surface area contributed by atoms with Crippen LogP contribution in [0.15, 0.2) is 17.0 Å². The van der Waals surface area contributed by atoms with E-state index in [1.165, 1.54) is 17.1 Å². The third-order valence-electron chi connectivity index (χ3n) is 7.94. The third kappa shape index (κ3) is 7.66. The number of benzene rings is 1. The summed E-state index contributed by atoms with van der Waals surface area (Å²) in [6, 6.07) is 4.20. The van der Waals surface area contributed by atoms with Gasteiger partial charge in [-0.25, -0.2) is 8.42 Å². The Morgan fingerprint density at radius 3 is 2.43 bits per heavy atom. The van der Waals surface area contributed by atoms with Crippen molar-refractivity contribution in [1.29, 1.82) is 0 Å². The van der Waals surface area contributed by atoms with Crippen LogP contribution >= 0.6 is 0 Å². The van der Waals surface area contributed by atoms with Gasteiger partial charge >= 0.3 is 0 Å². The van der Waals surface area contributed by atoms with Crippen molar-refractivity contribution < 1.29 is 22.7 Å². The van der Waals surface area contributed by atoms with Gasteiger partial charge in [0, 0.05) is 45.8 Å². The Balaban J connectivity index is 1.47. The van der Waals surface area contributed by atoms with Crippen LogP contribution in [0.5, 0.6) is 5.75 Å². The zero-order valence-corrected chi connectivity index (χ0v) is 24.3. The van der Waals surface area contributed by atoms with Gasteiger partial charge in [0.1, 0.15) is 12.4 Å². The molecule has 2 aliphatic rings. The average molecular weight is 539 g/mol. The molecule has 1 aliphatic heterocycles. The molecule has 2 unspecified atom stereocenters. The molecule has 0 radical (unpaired) electrons. The Bertz CT molecular complexity index is 995. The molecule has 1 aromatic rings. The molecular weight excluding hydrogens is 492 g/mol. The lowest BCUT2D eigenvalue weighted by molar-refractivity contribution is -0.138. The number of amides is 1. The predicted molar refractivity (Wildman–Crippen MR) is 146 cm³/mol. The van der Waals surface area contributed by atoms with Crippen LogP contribution in [0.2, 0.25) is 0 Å². The summed E-state index contributed by atoms with van der Waals surface area (Å²) in [4.78, 5) is 20.0. The molecule has 0 spiro atoms. The van der Waals surface area contributed by atoms with Gasteiger partial charge in [0.15, 0.2) is 0 Å². The van der Waals surface area contributed by atoms with Crippen molar-refractivity contribution in [1.82, 2.24) is 19.0 Å². The molecule has 3 rings (SSSR count). The number of sulfonamides is 1. The smallest absolute Gasteiger partial charge is 0.248 e. The number of likely N-dealkylation sites (N-methyl/N-ethyl adjacent to an activating group) is 3. The highest BCUT2D eigenvalue weighted by Gasteiger charge is 2.31. The lowest BCUT2D eigenvalue weighted by Crippen LogP contribution is -2.48. The molecule has 2 fully saturated rings. The summed E-state index contributed by atoms with van der Waals surface area (Å²) in [6.07, 6.45) is 5.56. The molecule has 1 saturated carbocycles. The SMILES string of the molecule is COc1cc(C)c(S(=O)(=O)N(C)CCOCC(=O)N(C)C2CCCC(N3CCCN(C)CC3)C2)c(C)c1. The van der Waals surface area contributed by atoms with Gasteiger partial charge in [-0.2, -0.15) is 4.31 Å². The molecule has 210 valence electrons. The fourth-order valence-electron chi connectivity index (χ4n) is 5.62. The highest BCUT2D eigenvalue weighted by molar-refractivity contribution is 7.89. The van der Waals surface area contributed by atoms with E-state index in [1.54, 1.807) is 40.1 Å². The first-order valence-corrected chi connectivity index (χ1v) is 14.9. The van der Waals surface area contributed by atoms with E-state index in [4.69, 9.17) is 9.47 Å². The maximum atomic E-state index is 13.2. The highest BCUT2D eigenvalue weighted by Crippen LogP contribution is 2.28. The molecule has 1 aliphatic carbocycles. The predicted octanol–water partition coefficient (Wildman–Crippen LogP) is 2.36. The van der Waals surface area contributed by atoms with Crippen LogP contribution in [0.1, 0.15) is 43.2 Å². The van der Waals surface area contributed by atoms with E-state index in [1.807, 2.05) is 11.9 Å². The molecular formula is C27H46N4O5S. The maximum absolute atomic E-state index is 13.2. The fraction of sp³-hybridized carbons (Fsp3) is 0.741. The number of aryl methyl sites for hydroxylation is 2. The lowest BCUT2D eigenvalue weighted by atomic mass is 9.89. The van der Waals surface area contributed by atoms with Crippen molar-refractivity contribution in [2.75, 3.05) is 74.2 Å². The Morgan fingerprint density at radius 2 is 1.76 bits per heavy atom. The Kier molecular flexibility index (Phi) is 10.8. The molecule has 9 nitrogen and oxygen atoms in total. The minimum Gasteiger partial charge on any atom is -0.497 e. The van der Waals surface area contributed by atoms with Crippen molar-refractivity contribution >= 4 is 15.9 Å². The fourth-order valence-corrected chi connectivity index (χ4v) is 7.18. The van der Waals surface area contributed by atoms with Gasteiger partial charge in [-0.1, -0.05) is 0 Å². The van der Waals surface area contributed by atoms with Crippen LogP contribution in [0.3, 0.4) is 0 Å². The molecule has 1 aromatic carbocycles. The van der Waals surface area contributed by atoms with E-state index in [2.05, 4.69) is 16.8 Å². The topological polar surface area (TPSA) is 82.6 Å². The summed E-state index contributed by atoms with van der Waals surface area (Å²) in [5, 5.41) is 0. The van der Waals surface area contributed by atoms with Crippen LogP contribution in [0, 0.1) is 13.8 Å². The number of methoxy groups -OCH3 is 1. The summed E-state index contributed by atoms with van der Waals surface area (Å²) < 4.78 is 38.5. The van der Waals surface area contributed by atoms with E-state index in [0.717, 1.165) is 45.4 Å². The van der Waals surface area contributed by atoms with Gasteiger partial charge < -0.3 is 19.3 Å². The van der Waals surface area contributed by atoms with E-state index in [-0.39, 0.29) is 36.6 Å². The number of nitrogens with zero attached hydrogens (tertiary/aromatic N) is 4. The zero-order chi connectivity index (χ0) is 27.2. The Labute approximate surface area is 223 Å². The maximum Gasteiger partial charge on any atom is 0.248 e. The summed E-state index contributed by atoms with van der Waals surface area (Å²) in [7, 11) is 3.48. The Hall–Kier alpha value is -1.72. The standard InChI is InChI=1S/C27H46N4O5S/c1-21-17-25(35-6)18-22(2)27(21)37(33,34)29(4)15-16-36-20-26(32)30(5)23-9-7-10-24(19-23)31-12-8-11-28(3)13-14-31/h17-18,23-24H,7-16,19-20H2,1-6H3. The van der Waals surface area contributed by atoms with E-state index >= 15 is 0 Å². The summed E-state index contributed by atoms with van der Waals surface area (Å²) in [6.45, 7) is 8.29. The molecule has 1 heterocycles. The van der Waals surface area contributed by atoms with Crippen LogP contribution in [0.25, 0.3) is 0 Å². The molecule has 2 atom stereocenters. The van der Waals surface area contributed by atoms with Gasteiger partial charge in [0.25, 0.3) is 0 Å². The third-order valence-corrected chi connectivity index (χ3v) is 10.1. The molecule has 0 bridgehead atoms. The second-order valence-electron chi connectivity index (χ2n) is 10.6. The number of ether oxygens (including phenoxy) is 2. The molecule has 1 amide bonds. The average Bonchev–Trinajstić information content (AvgIpc) is 3.09. The van der Waals surface area contributed by atoms with E-state index in [9.17, 15) is 13.2 Å². The highest BCUT2D eigenvalue weighted by atomic mass is 32.2. The second kappa shape index (κ2) is 13.4. The van der Waals surface area contributed by atoms with Crippen molar-refractivity contribution in [3.63, 3.8) is 0 Å². The first-order chi connectivity index (χ1) is 17.5. The molecule has 1 saturated heterocycles. The first-order valence-electron chi connectivity index (χ1n) is 13.4. The lowest BCUT2D eigenvalue weighted by Gasteiger charge is -2.40. The van der Waals surface area contributed by atoms with Crippen molar-refractivity contribution in [2.45, 2.75) is 62.9 Å². The van der Waals surface area contributed by atoms with Crippen molar-refractivity contribution in [3.05, 3.63) is 23.3 Å². The molecule has 10 heteroatoms. The van der Waals surface area contributed by atoms with Crippen molar-refractivity contribution in [2.24, 2.45) is 0 Å². The number of carbonyl (C=O) groups is 1. The molecule has 0 N–H and O–H groups in total. The van der Waals surface area contributed by atoms with Gasteiger partial charge in [-0.05, 0) is 89.3 Å². The summed E-state index contributed by atoms with van der Waals surface area (Å²) in [5.41, 5.74) is 1.28. The minimum atomic E-state index is -3.69. The van der Waals surface area contributed by atoms with E-state index < -0.39 is 10.0 Å². The van der Waals surface area contributed by atoms with Crippen LogP contribution in [-0.2, 0) is 19.6 Å². The van der Waals surface area contributed by atoms with Crippen LogP contribution in [-0.4, -0.2) is 120 Å². The van der Waals surface area contributed by atoms with Crippen LogP contribution < -0.4 is 4.74 Å². The number of carbonyl (C=O) groups excluding carboxylic acids is 1. The molecule has 0 aromatic heterocycles. The zero-order valence-electron chi connectivity index (χ0n) is 23.5. The summed E-state index contributed by atoms with van der Waals surface area (Å²) >= 11 is 0. The van der Waals surface area contributed by atoms with Gasteiger partial charge in [-0.3, -0.25) is 9.69 Å². The van der Waals surface area contributed by atoms with Gasteiger partial charge in [-0.15, -0.1) is 0 Å². The van der Waals surface area contributed by atoms with Crippen molar-refractivity contribution in [3.8, 4) is 5.75 Å². The molecule has 37 heavy (non-hydrogen) atoms. The normalized spacial score (nSPS) is 22.1. The quantitative estimate of drug-likeness (QED) is 0.423. The monoisotopic (exact) mass is 538 g/mol.